The SMILES string of the molecule is CCCCC(NC)c1c(C)cccc1C. The molecule has 0 fully saturated rings. The van der Waals surface area contributed by atoms with Gasteiger partial charge >= 0.3 is 0 Å². The molecule has 0 heterocycles. The van der Waals surface area contributed by atoms with Crippen molar-refractivity contribution in [2.75, 3.05) is 7.05 Å². The smallest absolute Gasteiger partial charge is 0.0322 e. The molecular weight excluding hydrogens is 182 g/mol. The summed E-state index contributed by atoms with van der Waals surface area (Å²) in [7, 11) is 2.06. The normalized spacial score (nSPS) is 12.8. The second-order valence-corrected chi connectivity index (χ2v) is 4.29. The molecule has 0 saturated carbocycles. The lowest BCUT2D eigenvalue weighted by molar-refractivity contribution is 0.518. The standard InChI is InChI=1S/C14H23N/c1-5-6-10-13(15-4)14-11(2)8-7-9-12(14)3/h7-9,13,15H,5-6,10H2,1-4H3. The van der Waals surface area contributed by atoms with Gasteiger partial charge in [0.05, 0.1) is 0 Å². The van der Waals surface area contributed by atoms with Crippen LogP contribution >= 0.6 is 0 Å². The maximum absolute atomic E-state index is 3.43. The third kappa shape index (κ3) is 3.07. The van der Waals surface area contributed by atoms with Gasteiger partial charge in [-0.25, -0.2) is 0 Å². The van der Waals surface area contributed by atoms with Crippen LogP contribution in [0.5, 0.6) is 0 Å². The highest BCUT2D eigenvalue weighted by Crippen LogP contribution is 2.25. The van der Waals surface area contributed by atoms with Gasteiger partial charge in [-0.3, -0.25) is 0 Å². The Morgan fingerprint density at radius 3 is 2.27 bits per heavy atom. The van der Waals surface area contributed by atoms with Crippen molar-refractivity contribution in [2.45, 2.75) is 46.1 Å². The predicted octanol–water partition coefficient (Wildman–Crippen LogP) is 3.75. The second kappa shape index (κ2) is 5.92. The fourth-order valence-electron chi connectivity index (χ4n) is 2.22. The first-order valence-corrected chi connectivity index (χ1v) is 5.94. The topological polar surface area (TPSA) is 12.0 Å². The van der Waals surface area contributed by atoms with Gasteiger partial charge < -0.3 is 5.32 Å². The molecule has 0 aromatic heterocycles. The van der Waals surface area contributed by atoms with E-state index in [1.165, 1.54) is 36.0 Å². The van der Waals surface area contributed by atoms with E-state index >= 15 is 0 Å². The molecule has 1 unspecified atom stereocenters. The molecule has 0 aliphatic carbocycles. The Bertz CT molecular complexity index is 284. The molecule has 15 heavy (non-hydrogen) atoms. The highest BCUT2D eigenvalue weighted by molar-refractivity contribution is 5.36. The van der Waals surface area contributed by atoms with Crippen LogP contribution < -0.4 is 5.32 Å². The monoisotopic (exact) mass is 205 g/mol. The third-order valence-corrected chi connectivity index (χ3v) is 3.09. The van der Waals surface area contributed by atoms with Crippen LogP contribution in [0.25, 0.3) is 0 Å². The first-order chi connectivity index (χ1) is 7.20. The van der Waals surface area contributed by atoms with Gasteiger partial charge in [-0.2, -0.15) is 0 Å². The van der Waals surface area contributed by atoms with Crippen LogP contribution in [0.4, 0.5) is 0 Å². The molecule has 1 nitrogen and oxygen atoms in total. The first-order valence-electron chi connectivity index (χ1n) is 5.94. The number of aryl methyl sites for hydroxylation is 2. The van der Waals surface area contributed by atoms with Crippen LogP contribution in [-0.4, -0.2) is 7.05 Å². The lowest BCUT2D eigenvalue weighted by Crippen LogP contribution is -2.18. The molecule has 0 amide bonds. The van der Waals surface area contributed by atoms with E-state index in [0.29, 0.717) is 6.04 Å². The zero-order chi connectivity index (χ0) is 11.3. The predicted molar refractivity (Wildman–Crippen MR) is 67.2 cm³/mol. The van der Waals surface area contributed by atoms with Gasteiger partial charge in [0, 0.05) is 6.04 Å². The number of nitrogens with one attached hydrogen (secondary N) is 1. The van der Waals surface area contributed by atoms with E-state index < -0.39 is 0 Å². The van der Waals surface area contributed by atoms with Crippen molar-refractivity contribution in [3.8, 4) is 0 Å². The highest BCUT2D eigenvalue weighted by Gasteiger charge is 2.12. The van der Waals surface area contributed by atoms with E-state index in [0.717, 1.165) is 0 Å². The van der Waals surface area contributed by atoms with Gasteiger partial charge in [0.1, 0.15) is 0 Å². The Kier molecular flexibility index (Phi) is 4.83. The minimum absolute atomic E-state index is 0.520. The third-order valence-electron chi connectivity index (χ3n) is 3.09. The van der Waals surface area contributed by atoms with E-state index in [1.54, 1.807) is 0 Å². The summed E-state index contributed by atoms with van der Waals surface area (Å²) in [5.41, 5.74) is 4.31. The van der Waals surface area contributed by atoms with Crippen LogP contribution in [0, 0.1) is 13.8 Å². The van der Waals surface area contributed by atoms with Gasteiger partial charge in [0.25, 0.3) is 0 Å². The number of benzene rings is 1. The number of hydrogen-bond donors (Lipinski definition) is 1. The Labute approximate surface area is 93.9 Å². The molecule has 0 saturated heterocycles. The van der Waals surface area contributed by atoms with Gasteiger partial charge in [0.15, 0.2) is 0 Å². The summed E-state index contributed by atoms with van der Waals surface area (Å²) < 4.78 is 0. The molecular formula is C14H23N. The van der Waals surface area contributed by atoms with Crippen LogP contribution in [0.1, 0.15) is 48.9 Å². The number of hydrogen-bond acceptors (Lipinski definition) is 1. The van der Waals surface area contributed by atoms with Crippen molar-refractivity contribution in [3.63, 3.8) is 0 Å². The quantitative estimate of drug-likeness (QED) is 0.772. The molecule has 84 valence electrons. The van der Waals surface area contributed by atoms with E-state index in [9.17, 15) is 0 Å². The summed E-state index contributed by atoms with van der Waals surface area (Å²) in [4.78, 5) is 0. The summed E-state index contributed by atoms with van der Waals surface area (Å²) in [6.07, 6.45) is 3.79. The number of rotatable bonds is 5. The molecule has 1 N–H and O–H groups in total. The van der Waals surface area contributed by atoms with E-state index in [1.807, 2.05) is 0 Å². The second-order valence-electron chi connectivity index (χ2n) is 4.29. The van der Waals surface area contributed by atoms with Crippen LogP contribution in [0.3, 0.4) is 0 Å². The highest BCUT2D eigenvalue weighted by atomic mass is 14.9. The lowest BCUT2D eigenvalue weighted by atomic mass is 9.93. The van der Waals surface area contributed by atoms with Crippen molar-refractivity contribution in [3.05, 3.63) is 34.9 Å². The summed E-state index contributed by atoms with van der Waals surface area (Å²) in [5, 5.41) is 3.43. The molecule has 0 spiro atoms. The van der Waals surface area contributed by atoms with Crippen molar-refractivity contribution >= 4 is 0 Å². The van der Waals surface area contributed by atoms with Gasteiger partial charge in [0.2, 0.25) is 0 Å². The maximum atomic E-state index is 3.43. The Hall–Kier alpha value is -0.820. The van der Waals surface area contributed by atoms with Crippen LogP contribution in [0.15, 0.2) is 18.2 Å². The van der Waals surface area contributed by atoms with E-state index in [2.05, 4.69) is 51.3 Å². The maximum Gasteiger partial charge on any atom is 0.0322 e. The molecule has 0 aliphatic heterocycles. The van der Waals surface area contributed by atoms with Crippen molar-refractivity contribution in [2.24, 2.45) is 0 Å². The van der Waals surface area contributed by atoms with E-state index in [4.69, 9.17) is 0 Å². The van der Waals surface area contributed by atoms with E-state index in [-0.39, 0.29) is 0 Å². The zero-order valence-electron chi connectivity index (χ0n) is 10.4. The van der Waals surface area contributed by atoms with Gasteiger partial charge in [-0.1, -0.05) is 38.0 Å². The fourth-order valence-corrected chi connectivity index (χ4v) is 2.22. The lowest BCUT2D eigenvalue weighted by Gasteiger charge is -2.20. The van der Waals surface area contributed by atoms with Crippen LogP contribution in [0.2, 0.25) is 0 Å². The molecule has 1 rings (SSSR count). The molecule has 0 radical (unpaired) electrons. The van der Waals surface area contributed by atoms with Crippen molar-refractivity contribution in [1.29, 1.82) is 0 Å². The summed E-state index contributed by atoms with van der Waals surface area (Å²) >= 11 is 0. The Morgan fingerprint density at radius 2 is 1.80 bits per heavy atom. The average molecular weight is 205 g/mol. The van der Waals surface area contributed by atoms with Gasteiger partial charge in [-0.05, 0) is 44.0 Å². The largest absolute Gasteiger partial charge is 0.313 e. The zero-order valence-corrected chi connectivity index (χ0v) is 10.4. The molecule has 0 aliphatic rings. The summed E-state index contributed by atoms with van der Waals surface area (Å²) in [5.74, 6) is 0. The molecule has 1 heteroatoms. The molecule has 1 aromatic rings. The number of unbranched alkanes of at least 4 members (excludes halogenated alkanes) is 1. The first kappa shape index (κ1) is 12.3. The molecule has 1 aromatic carbocycles. The summed E-state index contributed by atoms with van der Waals surface area (Å²) in [6, 6.07) is 7.07. The average Bonchev–Trinajstić information content (AvgIpc) is 2.22. The minimum Gasteiger partial charge on any atom is -0.313 e. The van der Waals surface area contributed by atoms with Crippen LogP contribution in [-0.2, 0) is 0 Å². The minimum atomic E-state index is 0.520. The fraction of sp³-hybridized carbons (Fsp3) is 0.571. The summed E-state index contributed by atoms with van der Waals surface area (Å²) in [6.45, 7) is 6.66. The van der Waals surface area contributed by atoms with Gasteiger partial charge in [-0.15, -0.1) is 0 Å². The Balaban J connectivity index is 2.90. The Morgan fingerprint density at radius 1 is 1.20 bits per heavy atom. The van der Waals surface area contributed by atoms with Crippen molar-refractivity contribution in [1.82, 2.24) is 5.32 Å². The molecule has 1 atom stereocenters. The van der Waals surface area contributed by atoms with Crippen molar-refractivity contribution < 1.29 is 0 Å². The molecule has 0 bridgehead atoms.